The molecule has 0 atom stereocenters. The molecule has 3 nitrogen and oxygen atoms in total. The number of rotatable bonds is 3. The van der Waals surface area contributed by atoms with Gasteiger partial charge in [0.25, 0.3) is 0 Å². The normalized spacial score (nSPS) is 9.86. The molecular formula is C10H12BrNO2. The van der Waals surface area contributed by atoms with Gasteiger partial charge in [-0.05, 0) is 24.6 Å². The Labute approximate surface area is 91.4 Å². The van der Waals surface area contributed by atoms with Crippen LogP contribution < -0.4 is 5.73 Å². The van der Waals surface area contributed by atoms with E-state index in [1.54, 1.807) is 18.2 Å². The molecule has 76 valence electrons. The Morgan fingerprint density at radius 2 is 2.29 bits per heavy atom. The minimum Gasteiger partial charge on any atom is -0.462 e. The number of carbonyl (C=O) groups is 1. The quantitative estimate of drug-likeness (QED) is 0.669. The number of nitrogens with two attached hydrogens (primary N) is 1. The van der Waals surface area contributed by atoms with Crippen molar-refractivity contribution in [2.45, 2.75) is 13.3 Å². The Bertz CT molecular complexity index is 339. The van der Waals surface area contributed by atoms with E-state index in [9.17, 15) is 4.79 Å². The highest BCUT2D eigenvalue weighted by Crippen LogP contribution is 2.19. The van der Waals surface area contributed by atoms with Crippen molar-refractivity contribution in [3.8, 4) is 0 Å². The highest BCUT2D eigenvalue weighted by molar-refractivity contribution is 9.10. The molecule has 1 aromatic rings. The maximum Gasteiger partial charge on any atom is 0.340 e. The molecule has 0 fully saturated rings. The molecule has 0 spiro atoms. The van der Waals surface area contributed by atoms with Crippen LogP contribution in [0, 0.1) is 0 Å². The number of nitrogen functional groups attached to an aromatic ring is 1. The van der Waals surface area contributed by atoms with Crippen LogP contribution in [0.5, 0.6) is 0 Å². The topological polar surface area (TPSA) is 52.3 Å². The lowest BCUT2D eigenvalue weighted by Crippen LogP contribution is -2.08. The second-order valence-electron chi connectivity index (χ2n) is 2.87. The van der Waals surface area contributed by atoms with Gasteiger partial charge in [0.1, 0.15) is 0 Å². The monoisotopic (exact) mass is 257 g/mol. The molecule has 1 aromatic carbocycles. The maximum absolute atomic E-state index is 11.5. The maximum atomic E-state index is 11.5. The zero-order chi connectivity index (χ0) is 10.6. The van der Waals surface area contributed by atoms with E-state index < -0.39 is 0 Å². The van der Waals surface area contributed by atoms with Crippen LogP contribution in [0.1, 0.15) is 23.7 Å². The summed E-state index contributed by atoms with van der Waals surface area (Å²) in [5.41, 5.74) is 6.49. The molecule has 14 heavy (non-hydrogen) atoms. The average molecular weight is 258 g/mol. The summed E-state index contributed by atoms with van der Waals surface area (Å²) in [4.78, 5) is 11.5. The van der Waals surface area contributed by atoms with Crippen LogP contribution in [0.3, 0.4) is 0 Å². The summed E-state index contributed by atoms with van der Waals surface area (Å²) >= 11 is 3.27. The van der Waals surface area contributed by atoms with Gasteiger partial charge in [0.2, 0.25) is 0 Å². The van der Waals surface area contributed by atoms with Gasteiger partial charge in [0, 0.05) is 10.2 Å². The van der Waals surface area contributed by atoms with Gasteiger partial charge in [0.05, 0.1) is 12.2 Å². The molecule has 0 aliphatic heterocycles. The molecule has 1 rings (SSSR count). The van der Waals surface area contributed by atoms with Crippen LogP contribution in [0.25, 0.3) is 0 Å². The molecule has 0 bridgehead atoms. The van der Waals surface area contributed by atoms with E-state index in [0.717, 1.165) is 10.9 Å². The van der Waals surface area contributed by atoms with Crippen LogP contribution in [0.2, 0.25) is 0 Å². The van der Waals surface area contributed by atoms with Crippen molar-refractivity contribution < 1.29 is 9.53 Å². The third-order valence-corrected chi connectivity index (χ3v) is 2.17. The number of hydrogen-bond donors (Lipinski definition) is 1. The molecule has 0 heterocycles. The third-order valence-electron chi connectivity index (χ3n) is 1.67. The molecule has 4 heteroatoms. The van der Waals surface area contributed by atoms with Crippen LogP contribution in [0.15, 0.2) is 22.7 Å². The van der Waals surface area contributed by atoms with Crippen LogP contribution in [-0.4, -0.2) is 12.6 Å². The van der Waals surface area contributed by atoms with Gasteiger partial charge in [-0.3, -0.25) is 0 Å². The van der Waals surface area contributed by atoms with E-state index in [0.29, 0.717) is 17.9 Å². The molecular weight excluding hydrogens is 246 g/mol. The van der Waals surface area contributed by atoms with Gasteiger partial charge in [0.15, 0.2) is 0 Å². The molecule has 2 N–H and O–H groups in total. The smallest absolute Gasteiger partial charge is 0.340 e. The highest BCUT2D eigenvalue weighted by atomic mass is 79.9. The van der Waals surface area contributed by atoms with Crippen molar-refractivity contribution in [3.05, 3.63) is 28.2 Å². The summed E-state index contributed by atoms with van der Waals surface area (Å²) in [6.45, 7) is 2.36. The second kappa shape index (κ2) is 5.00. The molecule has 0 aromatic heterocycles. The predicted octanol–water partition coefficient (Wildman–Crippen LogP) is 2.60. The highest BCUT2D eigenvalue weighted by Gasteiger charge is 2.10. The van der Waals surface area contributed by atoms with Gasteiger partial charge in [-0.15, -0.1) is 0 Å². The first-order valence-electron chi connectivity index (χ1n) is 4.37. The van der Waals surface area contributed by atoms with Gasteiger partial charge in [-0.25, -0.2) is 4.79 Å². The summed E-state index contributed by atoms with van der Waals surface area (Å²) in [5, 5.41) is 0. The minimum atomic E-state index is -0.370. The minimum absolute atomic E-state index is 0.370. The van der Waals surface area contributed by atoms with E-state index in [4.69, 9.17) is 10.5 Å². The van der Waals surface area contributed by atoms with Crippen molar-refractivity contribution in [3.63, 3.8) is 0 Å². The van der Waals surface area contributed by atoms with Gasteiger partial charge >= 0.3 is 5.97 Å². The van der Waals surface area contributed by atoms with Crippen LogP contribution in [-0.2, 0) is 4.74 Å². The largest absolute Gasteiger partial charge is 0.462 e. The molecule has 0 aliphatic carbocycles. The molecule has 0 saturated heterocycles. The number of anilines is 1. The fourth-order valence-corrected chi connectivity index (χ4v) is 1.34. The lowest BCUT2D eigenvalue weighted by molar-refractivity contribution is 0.0506. The molecule has 0 amide bonds. The van der Waals surface area contributed by atoms with Gasteiger partial charge < -0.3 is 10.5 Å². The van der Waals surface area contributed by atoms with Crippen molar-refractivity contribution in [1.82, 2.24) is 0 Å². The average Bonchev–Trinajstić information content (AvgIpc) is 2.18. The van der Waals surface area contributed by atoms with Crippen LogP contribution in [0.4, 0.5) is 5.69 Å². The third kappa shape index (κ3) is 2.73. The van der Waals surface area contributed by atoms with Gasteiger partial charge in [-0.2, -0.15) is 0 Å². The summed E-state index contributed by atoms with van der Waals surface area (Å²) in [6, 6.07) is 5.12. The Morgan fingerprint density at radius 3 is 2.93 bits per heavy atom. The lowest BCUT2D eigenvalue weighted by Gasteiger charge is -2.05. The van der Waals surface area contributed by atoms with Crippen molar-refractivity contribution in [2.24, 2.45) is 0 Å². The second-order valence-corrected chi connectivity index (χ2v) is 3.78. The van der Waals surface area contributed by atoms with Crippen molar-refractivity contribution >= 4 is 27.6 Å². The zero-order valence-electron chi connectivity index (χ0n) is 7.92. The summed E-state index contributed by atoms with van der Waals surface area (Å²) in [5.74, 6) is -0.370. The zero-order valence-corrected chi connectivity index (χ0v) is 9.50. The van der Waals surface area contributed by atoms with E-state index in [2.05, 4.69) is 15.9 Å². The van der Waals surface area contributed by atoms with Crippen molar-refractivity contribution in [2.75, 3.05) is 12.3 Å². The number of carbonyl (C=O) groups excluding carboxylic acids is 1. The number of halogens is 1. The van der Waals surface area contributed by atoms with E-state index in [1.165, 1.54) is 0 Å². The number of esters is 1. The standard InChI is InChI=1S/C10H12BrNO2/c1-2-5-14-10(13)8-6-7(11)3-4-9(8)12/h3-4,6H,2,5,12H2,1H3. The lowest BCUT2D eigenvalue weighted by atomic mass is 10.2. The first-order chi connectivity index (χ1) is 6.65. The summed E-state index contributed by atoms with van der Waals surface area (Å²) < 4.78 is 5.79. The van der Waals surface area contributed by atoms with E-state index in [-0.39, 0.29) is 5.97 Å². The first-order valence-corrected chi connectivity index (χ1v) is 5.16. The Balaban J connectivity index is 2.83. The first kappa shape index (κ1) is 11.0. The van der Waals surface area contributed by atoms with E-state index >= 15 is 0 Å². The fraction of sp³-hybridized carbons (Fsp3) is 0.300. The predicted molar refractivity (Wildman–Crippen MR) is 59.1 cm³/mol. The Hall–Kier alpha value is -1.03. The molecule has 0 radical (unpaired) electrons. The SMILES string of the molecule is CCCOC(=O)c1cc(Br)ccc1N. The molecule has 0 aliphatic rings. The number of benzene rings is 1. The molecule has 0 saturated carbocycles. The number of hydrogen-bond acceptors (Lipinski definition) is 3. The van der Waals surface area contributed by atoms with Gasteiger partial charge in [-0.1, -0.05) is 22.9 Å². The molecule has 0 unspecified atom stereocenters. The van der Waals surface area contributed by atoms with Crippen LogP contribution >= 0.6 is 15.9 Å². The Kier molecular flexibility index (Phi) is 3.95. The Morgan fingerprint density at radius 1 is 1.57 bits per heavy atom. The fourth-order valence-electron chi connectivity index (χ4n) is 0.978. The van der Waals surface area contributed by atoms with Crippen molar-refractivity contribution in [1.29, 1.82) is 0 Å². The van der Waals surface area contributed by atoms with E-state index in [1.807, 2.05) is 6.92 Å². The summed E-state index contributed by atoms with van der Waals surface area (Å²) in [6.07, 6.45) is 0.805. The summed E-state index contributed by atoms with van der Waals surface area (Å²) in [7, 11) is 0. The number of ether oxygens (including phenoxy) is 1.